The molecule has 1 atom stereocenters. The SMILES string of the molecule is CCN1CCC(C2CCc3ccc(OC)cc32)CC1. The predicted octanol–water partition coefficient (Wildman–Crippen LogP) is 3.46. The van der Waals surface area contributed by atoms with E-state index in [0.29, 0.717) is 0 Å². The van der Waals surface area contributed by atoms with Crippen molar-refractivity contribution in [2.45, 2.75) is 38.5 Å². The van der Waals surface area contributed by atoms with Gasteiger partial charge in [-0.2, -0.15) is 0 Å². The first-order chi connectivity index (χ1) is 9.31. The van der Waals surface area contributed by atoms with Crippen molar-refractivity contribution in [3.05, 3.63) is 29.3 Å². The molecule has 0 spiro atoms. The van der Waals surface area contributed by atoms with Crippen molar-refractivity contribution in [3.63, 3.8) is 0 Å². The number of aryl methyl sites for hydroxylation is 1. The van der Waals surface area contributed by atoms with E-state index in [-0.39, 0.29) is 0 Å². The zero-order valence-corrected chi connectivity index (χ0v) is 12.2. The molecule has 1 aromatic carbocycles. The van der Waals surface area contributed by atoms with E-state index in [2.05, 4.69) is 30.0 Å². The highest BCUT2D eigenvalue weighted by atomic mass is 16.5. The molecule has 0 aromatic heterocycles. The first-order valence-corrected chi connectivity index (χ1v) is 7.71. The van der Waals surface area contributed by atoms with Crippen LogP contribution in [-0.2, 0) is 6.42 Å². The number of rotatable bonds is 3. The largest absolute Gasteiger partial charge is 0.497 e. The summed E-state index contributed by atoms with van der Waals surface area (Å²) in [6.45, 7) is 6.06. The van der Waals surface area contributed by atoms with Crippen LogP contribution >= 0.6 is 0 Å². The maximum Gasteiger partial charge on any atom is 0.119 e. The third-order valence-electron chi connectivity index (χ3n) is 5.13. The van der Waals surface area contributed by atoms with Crippen LogP contribution in [0.25, 0.3) is 0 Å². The van der Waals surface area contributed by atoms with Crippen molar-refractivity contribution in [1.29, 1.82) is 0 Å². The molecular formula is C17H25NO. The number of ether oxygens (including phenoxy) is 1. The molecule has 1 aliphatic carbocycles. The van der Waals surface area contributed by atoms with Crippen LogP contribution in [0.5, 0.6) is 5.75 Å². The minimum absolute atomic E-state index is 0.782. The Hall–Kier alpha value is -1.02. The molecule has 1 heterocycles. The van der Waals surface area contributed by atoms with Crippen molar-refractivity contribution in [1.82, 2.24) is 4.90 Å². The zero-order chi connectivity index (χ0) is 13.2. The molecule has 1 fully saturated rings. The van der Waals surface area contributed by atoms with E-state index >= 15 is 0 Å². The summed E-state index contributed by atoms with van der Waals surface area (Å²) in [7, 11) is 1.77. The van der Waals surface area contributed by atoms with Crippen LogP contribution < -0.4 is 4.74 Å². The van der Waals surface area contributed by atoms with E-state index in [4.69, 9.17) is 4.74 Å². The van der Waals surface area contributed by atoms with Gasteiger partial charge in [0.1, 0.15) is 5.75 Å². The van der Waals surface area contributed by atoms with E-state index in [0.717, 1.165) is 17.6 Å². The van der Waals surface area contributed by atoms with Crippen molar-refractivity contribution >= 4 is 0 Å². The molecule has 0 amide bonds. The Morgan fingerprint density at radius 1 is 1.21 bits per heavy atom. The maximum atomic E-state index is 5.40. The summed E-state index contributed by atoms with van der Waals surface area (Å²) >= 11 is 0. The van der Waals surface area contributed by atoms with Crippen molar-refractivity contribution in [3.8, 4) is 5.75 Å². The first-order valence-electron chi connectivity index (χ1n) is 7.71. The molecule has 104 valence electrons. The summed E-state index contributed by atoms with van der Waals surface area (Å²) < 4.78 is 5.40. The number of fused-ring (bicyclic) bond motifs is 1. The average molecular weight is 259 g/mol. The molecule has 19 heavy (non-hydrogen) atoms. The van der Waals surface area contributed by atoms with Crippen molar-refractivity contribution < 1.29 is 4.74 Å². The Labute approximate surface area is 116 Å². The van der Waals surface area contributed by atoms with Gasteiger partial charge in [0.25, 0.3) is 0 Å². The Bertz CT molecular complexity index is 435. The van der Waals surface area contributed by atoms with Crippen LogP contribution in [0.3, 0.4) is 0 Å². The third-order valence-corrected chi connectivity index (χ3v) is 5.13. The van der Waals surface area contributed by atoms with E-state index < -0.39 is 0 Å². The molecule has 1 unspecified atom stereocenters. The van der Waals surface area contributed by atoms with Gasteiger partial charge in [-0.25, -0.2) is 0 Å². The highest BCUT2D eigenvalue weighted by Crippen LogP contribution is 2.43. The van der Waals surface area contributed by atoms with Crippen molar-refractivity contribution in [2.24, 2.45) is 5.92 Å². The Kier molecular flexibility index (Phi) is 3.79. The van der Waals surface area contributed by atoms with Gasteiger partial charge < -0.3 is 9.64 Å². The summed E-state index contributed by atoms with van der Waals surface area (Å²) in [6, 6.07) is 6.68. The second-order valence-electron chi connectivity index (χ2n) is 5.98. The van der Waals surface area contributed by atoms with Gasteiger partial charge in [0.05, 0.1) is 7.11 Å². The van der Waals surface area contributed by atoms with Gasteiger partial charge in [0.15, 0.2) is 0 Å². The fraction of sp³-hybridized carbons (Fsp3) is 0.647. The van der Waals surface area contributed by atoms with Crippen LogP contribution in [-0.4, -0.2) is 31.6 Å². The van der Waals surface area contributed by atoms with Gasteiger partial charge in [0, 0.05) is 0 Å². The van der Waals surface area contributed by atoms with Gasteiger partial charge in [-0.15, -0.1) is 0 Å². The van der Waals surface area contributed by atoms with Gasteiger partial charge in [-0.05, 0) is 80.4 Å². The standard InChI is InChI=1S/C17H25NO/c1-3-18-10-8-14(9-11-18)16-7-5-13-4-6-15(19-2)12-17(13)16/h4,6,12,14,16H,3,5,7-11H2,1-2H3. The van der Waals surface area contributed by atoms with E-state index in [1.807, 2.05) is 0 Å². The molecule has 0 saturated carbocycles. The minimum atomic E-state index is 0.782. The number of nitrogens with zero attached hydrogens (tertiary/aromatic N) is 1. The Morgan fingerprint density at radius 2 is 2.00 bits per heavy atom. The monoisotopic (exact) mass is 259 g/mol. The molecular weight excluding hydrogens is 234 g/mol. The molecule has 1 aliphatic heterocycles. The lowest BCUT2D eigenvalue weighted by Gasteiger charge is -2.34. The molecule has 2 heteroatoms. The van der Waals surface area contributed by atoms with Gasteiger partial charge in [-0.1, -0.05) is 13.0 Å². The second kappa shape index (κ2) is 5.54. The van der Waals surface area contributed by atoms with Crippen LogP contribution in [0.1, 0.15) is 43.2 Å². The minimum Gasteiger partial charge on any atom is -0.497 e. The highest BCUT2D eigenvalue weighted by molar-refractivity contribution is 5.41. The molecule has 3 rings (SSSR count). The molecule has 0 N–H and O–H groups in total. The second-order valence-corrected chi connectivity index (χ2v) is 5.98. The van der Waals surface area contributed by atoms with Gasteiger partial charge >= 0.3 is 0 Å². The molecule has 1 aromatic rings. The maximum absolute atomic E-state index is 5.40. The first kappa shape index (κ1) is 13.0. The number of hydrogen-bond acceptors (Lipinski definition) is 2. The summed E-state index contributed by atoms with van der Waals surface area (Å²) in [6.07, 6.45) is 5.35. The van der Waals surface area contributed by atoms with Crippen LogP contribution in [0.15, 0.2) is 18.2 Å². The van der Waals surface area contributed by atoms with E-state index in [9.17, 15) is 0 Å². The zero-order valence-electron chi connectivity index (χ0n) is 12.2. The Balaban J connectivity index is 1.75. The van der Waals surface area contributed by atoms with Gasteiger partial charge in [0.2, 0.25) is 0 Å². The third kappa shape index (κ3) is 2.51. The number of methoxy groups -OCH3 is 1. The van der Waals surface area contributed by atoms with E-state index in [1.54, 1.807) is 18.2 Å². The summed E-state index contributed by atoms with van der Waals surface area (Å²) in [4.78, 5) is 2.58. The predicted molar refractivity (Wildman–Crippen MR) is 78.9 cm³/mol. The molecule has 1 saturated heterocycles. The highest BCUT2D eigenvalue weighted by Gasteiger charge is 2.32. The lowest BCUT2D eigenvalue weighted by atomic mass is 9.81. The normalized spacial score (nSPS) is 24.4. The summed E-state index contributed by atoms with van der Waals surface area (Å²) in [5.74, 6) is 2.69. The van der Waals surface area contributed by atoms with Crippen LogP contribution in [0.4, 0.5) is 0 Å². The lowest BCUT2D eigenvalue weighted by Crippen LogP contribution is -2.35. The number of hydrogen-bond donors (Lipinski definition) is 0. The Morgan fingerprint density at radius 3 is 2.68 bits per heavy atom. The molecule has 2 aliphatic rings. The van der Waals surface area contributed by atoms with Crippen LogP contribution in [0, 0.1) is 5.92 Å². The molecule has 2 nitrogen and oxygen atoms in total. The number of likely N-dealkylation sites (tertiary alicyclic amines) is 1. The van der Waals surface area contributed by atoms with E-state index in [1.165, 1.54) is 45.3 Å². The summed E-state index contributed by atoms with van der Waals surface area (Å²) in [5.41, 5.74) is 3.14. The fourth-order valence-corrected chi connectivity index (χ4v) is 3.90. The quantitative estimate of drug-likeness (QED) is 0.824. The van der Waals surface area contributed by atoms with Crippen molar-refractivity contribution in [2.75, 3.05) is 26.7 Å². The van der Waals surface area contributed by atoms with Gasteiger partial charge in [-0.3, -0.25) is 0 Å². The lowest BCUT2D eigenvalue weighted by molar-refractivity contribution is 0.174. The fourth-order valence-electron chi connectivity index (χ4n) is 3.90. The average Bonchev–Trinajstić information content (AvgIpc) is 2.90. The smallest absolute Gasteiger partial charge is 0.119 e. The van der Waals surface area contributed by atoms with Crippen LogP contribution in [0.2, 0.25) is 0 Å². The summed E-state index contributed by atoms with van der Waals surface area (Å²) in [5, 5.41) is 0. The molecule has 0 radical (unpaired) electrons. The number of piperidine rings is 1. The molecule has 0 bridgehead atoms. The topological polar surface area (TPSA) is 12.5 Å². The number of benzene rings is 1.